The van der Waals surface area contributed by atoms with Gasteiger partial charge in [0, 0.05) is 10.8 Å². The molecular formula is C25H38O4. The second-order valence-corrected chi connectivity index (χ2v) is 11.6. The normalized spacial score (nSPS) is 49.2. The van der Waals surface area contributed by atoms with Crippen LogP contribution in [0.2, 0.25) is 0 Å². The van der Waals surface area contributed by atoms with Gasteiger partial charge in [-0.25, -0.2) is 0 Å². The first-order valence-electron chi connectivity index (χ1n) is 11.3. The molecule has 8 unspecified atom stereocenters. The number of aliphatic hydroxyl groups excluding tert-OH is 2. The number of hydrogen-bond acceptors (Lipinski definition) is 3. The van der Waals surface area contributed by atoms with Crippen LogP contribution in [-0.2, 0) is 4.79 Å². The predicted octanol–water partition coefficient (Wildman–Crippen LogP) is 4.56. The molecule has 4 aliphatic carbocycles. The van der Waals surface area contributed by atoms with Gasteiger partial charge >= 0.3 is 5.97 Å². The first-order valence-corrected chi connectivity index (χ1v) is 11.3. The smallest absolute Gasteiger partial charge is 0.306 e. The largest absolute Gasteiger partial charge is 0.481 e. The van der Waals surface area contributed by atoms with Gasteiger partial charge in [0.1, 0.15) is 0 Å². The molecule has 0 aliphatic heterocycles. The third kappa shape index (κ3) is 2.42. The highest BCUT2D eigenvalue weighted by atomic mass is 16.4. The quantitative estimate of drug-likeness (QED) is 0.632. The second-order valence-electron chi connectivity index (χ2n) is 11.6. The molecule has 2 fully saturated rings. The van der Waals surface area contributed by atoms with Crippen molar-refractivity contribution in [3.8, 4) is 0 Å². The predicted molar refractivity (Wildman–Crippen MR) is 113 cm³/mol. The third-order valence-corrected chi connectivity index (χ3v) is 10.4. The van der Waals surface area contributed by atoms with Crippen molar-refractivity contribution in [2.24, 2.45) is 39.4 Å². The first-order chi connectivity index (χ1) is 13.3. The number of carbonyl (C=O) groups is 1. The SMILES string of the molecule is CC(C(=O)O)C1CCC2(C)C3=CCC4C(C)(CCC(O)C4(C)C)C3=CC(O)C12C. The molecule has 8 atom stereocenters. The van der Waals surface area contributed by atoms with Crippen molar-refractivity contribution < 1.29 is 20.1 Å². The van der Waals surface area contributed by atoms with Gasteiger partial charge < -0.3 is 15.3 Å². The lowest BCUT2D eigenvalue weighted by molar-refractivity contribution is -0.147. The highest BCUT2D eigenvalue weighted by Gasteiger charge is 2.66. The van der Waals surface area contributed by atoms with Crippen LogP contribution in [0.25, 0.3) is 0 Å². The lowest BCUT2D eigenvalue weighted by Crippen LogP contribution is -2.57. The van der Waals surface area contributed by atoms with Gasteiger partial charge in [0.2, 0.25) is 0 Å². The highest BCUT2D eigenvalue weighted by Crippen LogP contribution is 2.71. The molecule has 0 aromatic rings. The molecule has 162 valence electrons. The van der Waals surface area contributed by atoms with Crippen molar-refractivity contribution in [3.05, 3.63) is 23.3 Å². The summed E-state index contributed by atoms with van der Waals surface area (Å²) >= 11 is 0. The summed E-state index contributed by atoms with van der Waals surface area (Å²) in [5, 5.41) is 31.9. The Kier molecular flexibility index (Phi) is 4.51. The molecule has 4 rings (SSSR count). The van der Waals surface area contributed by atoms with Crippen LogP contribution >= 0.6 is 0 Å². The fraction of sp³-hybridized carbons (Fsp3) is 0.800. The Morgan fingerprint density at radius 1 is 1.07 bits per heavy atom. The molecule has 0 aromatic heterocycles. The number of aliphatic carboxylic acids is 1. The van der Waals surface area contributed by atoms with E-state index in [2.05, 4.69) is 46.8 Å². The van der Waals surface area contributed by atoms with E-state index in [-0.39, 0.29) is 28.3 Å². The van der Waals surface area contributed by atoms with Crippen LogP contribution in [0.3, 0.4) is 0 Å². The number of hydrogen-bond donors (Lipinski definition) is 3. The Morgan fingerprint density at radius 2 is 1.72 bits per heavy atom. The van der Waals surface area contributed by atoms with Gasteiger partial charge in [-0.3, -0.25) is 4.79 Å². The molecule has 2 saturated carbocycles. The fourth-order valence-corrected chi connectivity index (χ4v) is 8.04. The Morgan fingerprint density at radius 3 is 2.34 bits per heavy atom. The summed E-state index contributed by atoms with van der Waals surface area (Å²) in [5.41, 5.74) is 1.68. The molecular weight excluding hydrogens is 364 g/mol. The lowest BCUT2D eigenvalue weighted by Gasteiger charge is -2.61. The van der Waals surface area contributed by atoms with Gasteiger partial charge in [-0.05, 0) is 65.9 Å². The van der Waals surface area contributed by atoms with E-state index >= 15 is 0 Å². The van der Waals surface area contributed by atoms with Crippen LogP contribution in [0.15, 0.2) is 23.3 Å². The molecule has 0 aromatic carbocycles. The second kappa shape index (κ2) is 6.20. The molecule has 0 spiro atoms. The summed E-state index contributed by atoms with van der Waals surface area (Å²) in [4.78, 5) is 11.8. The molecule has 3 N–H and O–H groups in total. The zero-order valence-electron chi connectivity index (χ0n) is 18.8. The zero-order valence-corrected chi connectivity index (χ0v) is 18.8. The molecule has 4 aliphatic rings. The summed E-state index contributed by atoms with van der Waals surface area (Å²) in [7, 11) is 0. The molecule has 0 amide bonds. The summed E-state index contributed by atoms with van der Waals surface area (Å²) < 4.78 is 0. The van der Waals surface area contributed by atoms with Crippen LogP contribution in [-0.4, -0.2) is 33.5 Å². The third-order valence-electron chi connectivity index (χ3n) is 10.4. The minimum atomic E-state index is -0.768. The number of aliphatic hydroxyl groups is 2. The fourth-order valence-electron chi connectivity index (χ4n) is 8.04. The van der Waals surface area contributed by atoms with Gasteiger partial charge in [0.05, 0.1) is 18.1 Å². The van der Waals surface area contributed by atoms with Crippen LogP contribution in [0, 0.1) is 39.4 Å². The molecule has 0 bridgehead atoms. The lowest BCUT2D eigenvalue weighted by atomic mass is 9.43. The maximum atomic E-state index is 11.8. The number of rotatable bonds is 2. The summed E-state index contributed by atoms with van der Waals surface area (Å²) in [6.07, 6.45) is 7.90. The molecule has 0 heterocycles. The van der Waals surface area contributed by atoms with E-state index in [9.17, 15) is 20.1 Å². The summed E-state index contributed by atoms with van der Waals surface area (Å²) in [6.45, 7) is 12.9. The topological polar surface area (TPSA) is 77.8 Å². The van der Waals surface area contributed by atoms with Gasteiger partial charge in [0.25, 0.3) is 0 Å². The molecule has 0 radical (unpaired) electrons. The van der Waals surface area contributed by atoms with Crippen molar-refractivity contribution in [2.75, 3.05) is 0 Å². The van der Waals surface area contributed by atoms with E-state index < -0.39 is 23.4 Å². The van der Waals surface area contributed by atoms with E-state index in [1.807, 2.05) is 0 Å². The standard InChI is InChI=1S/C25H38O4/c1-14(21(28)29)15-9-12-24(5)16-7-8-18-22(2,3)19(26)10-11-23(18,4)17(16)13-20(27)25(15,24)6/h7,13-15,18-20,26-27H,8-12H2,1-6H3,(H,28,29). The Balaban J connectivity index is 1.84. The average Bonchev–Trinajstić information content (AvgIpc) is 2.92. The van der Waals surface area contributed by atoms with Gasteiger partial charge in [-0.15, -0.1) is 0 Å². The van der Waals surface area contributed by atoms with Gasteiger partial charge in [-0.2, -0.15) is 0 Å². The van der Waals surface area contributed by atoms with Crippen molar-refractivity contribution in [1.29, 1.82) is 0 Å². The van der Waals surface area contributed by atoms with Crippen molar-refractivity contribution in [3.63, 3.8) is 0 Å². The minimum Gasteiger partial charge on any atom is -0.481 e. The Bertz CT molecular complexity index is 795. The van der Waals surface area contributed by atoms with Gasteiger partial charge in [-0.1, -0.05) is 53.7 Å². The Labute approximate surface area is 175 Å². The minimum absolute atomic E-state index is 0.0474. The number of allylic oxidation sites excluding steroid dienone is 3. The van der Waals surface area contributed by atoms with E-state index in [1.54, 1.807) is 6.92 Å². The van der Waals surface area contributed by atoms with Crippen molar-refractivity contribution in [1.82, 2.24) is 0 Å². The molecule has 0 saturated heterocycles. The van der Waals surface area contributed by atoms with Crippen molar-refractivity contribution >= 4 is 5.97 Å². The first kappa shape index (κ1) is 21.1. The maximum Gasteiger partial charge on any atom is 0.306 e. The van der Waals surface area contributed by atoms with Crippen LogP contribution in [0.1, 0.15) is 73.6 Å². The average molecular weight is 403 g/mol. The zero-order chi connectivity index (χ0) is 21.6. The van der Waals surface area contributed by atoms with Crippen LogP contribution < -0.4 is 0 Å². The number of carboxylic acids is 1. The number of fused-ring (bicyclic) bond motifs is 5. The molecule has 29 heavy (non-hydrogen) atoms. The molecule has 4 nitrogen and oxygen atoms in total. The van der Waals surface area contributed by atoms with Crippen molar-refractivity contribution in [2.45, 2.75) is 85.9 Å². The van der Waals surface area contributed by atoms with E-state index in [0.717, 1.165) is 32.1 Å². The maximum absolute atomic E-state index is 11.8. The monoisotopic (exact) mass is 402 g/mol. The number of carboxylic acid groups (broad SMARTS) is 1. The summed E-state index contributed by atoms with van der Waals surface area (Å²) in [6, 6.07) is 0. The van der Waals surface area contributed by atoms with E-state index in [1.165, 1.54) is 11.1 Å². The van der Waals surface area contributed by atoms with Crippen LogP contribution in [0.4, 0.5) is 0 Å². The van der Waals surface area contributed by atoms with Crippen LogP contribution in [0.5, 0.6) is 0 Å². The Hall–Kier alpha value is -1.13. The van der Waals surface area contributed by atoms with E-state index in [0.29, 0.717) is 5.92 Å². The van der Waals surface area contributed by atoms with Gasteiger partial charge in [0.15, 0.2) is 0 Å². The summed E-state index contributed by atoms with van der Waals surface area (Å²) in [5.74, 6) is -0.948. The molecule has 4 heteroatoms. The van der Waals surface area contributed by atoms with E-state index in [4.69, 9.17) is 0 Å². The highest BCUT2D eigenvalue weighted by molar-refractivity contribution is 5.70.